The molecular formula is C11H17N3O4. The van der Waals surface area contributed by atoms with Crippen molar-refractivity contribution in [2.75, 3.05) is 6.54 Å². The predicted octanol–water partition coefficient (Wildman–Crippen LogP) is 0.917. The van der Waals surface area contributed by atoms with E-state index in [1.165, 1.54) is 12.3 Å². The molecule has 0 saturated carbocycles. The van der Waals surface area contributed by atoms with Crippen molar-refractivity contribution in [2.45, 2.75) is 32.9 Å². The summed E-state index contributed by atoms with van der Waals surface area (Å²) in [5.41, 5.74) is 0.134. The van der Waals surface area contributed by atoms with Gasteiger partial charge in [0.25, 0.3) is 11.6 Å². The number of aliphatic hydroxyl groups is 1. The molecule has 100 valence electrons. The number of carbonyl (C=O) groups excluding carboxylic acids is 1. The molecule has 2 N–H and O–H groups in total. The molecule has 7 nitrogen and oxygen atoms in total. The first-order chi connectivity index (χ1) is 8.45. The van der Waals surface area contributed by atoms with E-state index in [1.54, 1.807) is 11.5 Å². The molecule has 0 aliphatic heterocycles. The van der Waals surface area contributed by atoms with Crippen molar-refractivity contribution >= 4 is 11.6 Å². The number of nitrogens with zero attached hydrogens (tertiary/aromatic N) is 2. The average molecular weight is 255 g/mol. The highest BCUT2D eigenvalue weighted by Gasteiger charge is 2.18. The Morgan fingerprint density at radius 2 is 2.33 bits per heavy atom. The summed E-state index contributed by atoms with van der Waals surface area (Å²) in [5, 5.41) is 22.3. The van der Waals surface area contributed by atoms with E-state index in [0.29, 0.717) is 6.54 Å². The van der Waals surface area contributed by atoms with Crippen LogP contribution < -0.4 is 5.32 Å². The molecule has 18 heavy (non-hydrogen) atoms. The lowest BCUT2D eigenvalue weighted by Crippen LogP contribution is -2.31. The average Bonchev–Trinajstić information content (AvgIpc) is 2.70. The fourth-order valence-electron chi connectivity index (χ4n) is 1.54. The Kier molecular flexibility index (Phi) is 4.85. The molecule has 1 aromatic heterocycles. The molecule has 0 aliphatic carbocycles. The van der Waals surface area contributed by atoms with Crippen molar-refractivity contribution in [3.05, 3.63) is 28.1 Å². The molecule has 1 aromatic rings. The normalized spacial score (nSPS) is 12.2. The number of aryl methyl sites for hydroxylation is 1. The second-order valence-corrected chi connectivity index (χ2v) is 4.09. The molecule has 0 aromatic carbocycles. The molecule has 1 atom stereocenters. The SMILES string of the molecule is CCCn1cc([N+](=O)[O-])cc1C(=O)NCC(C)O. The van der Waals surface area contributed by atoms with Crippen LogP contribution in [0.15, 0.2) is 12.3 Å². The maximum Gasteiger partial charge on any atom is 0.287 e. The monoisotopic (exact) mass is 255 g/mol. The number of nitro groups is 1. The lowest BCUT2D eigenvalue weighted by atomic mass is 10.3. The second-order valence-electron chi connectivity index (χ2n) is 4.09. The van der Waals surface area contributed by atoms with Crippen LogP contribution in [-0.4, -0.2) is 33.2 Å². The molecule has 1 unspecified atom stereocenters. The van der Waals surface area contributed by atoms with E-state index < -0.39 is 16.9 Å². The first-order valence-electron chi connectivity index (χ1n) is 5.76. The Morgan fingerprint density at radius 3 is 2.83 bits per heavy atom. The molecule has 1 amide bonds. The van der Waals surface area contributed by atoms with Crippen LogP contribution >= 0.6 is 0 Å². The fourth-order valence-corrected chi connectivity index (χ4v) is 1.54. The van der Waals surface area contributed by atoms with Gasteiger partial charge in [-0.2, -0.15) is 0 Å². The van der Waals surface area contributed by atoms with Crippen molar-refractivity contribution < 1.29 is 14.8 Å². The molecule has 0 fully saturated rings. The van der Waals surface area contributed by atoms with Crippen LogP contribution in [0.5, 0.6) is 0 Å². The number of hydrogen-bond donors (Lipinski definition) is 2. The third-order valence-corrected chi connectivity index (χ3v) is 2.35. The van der Waals surface area contributed by atoms with E-state index in [0.717, 1.165) is 6.42 Å². The van der Waals surface area contributed by atoms with Gasteiger partial charge in [-0.15, -0.1) is 0 Å². The molecule has 7 heteroatoms. The highest BCUT2D eigenvalue weighted by atomic mass is 16.6. The van der Waals surface area contributed by atoms with Crippen molar-refractivity contribution in [1.29, 1.82) is 0 Å². The van der Waals surface area contributed by atoms with Gasteiger partial charge in [-0.3, -0.25) is 14.9 Å². The fraction of sp³-hybridized carbons (Fsp3) is 0.545. The number of amides is 1. The summed E-state index contributed by atoms with van der Waals surface area (Å²) < 4.78 is 1.55. The van der Waals surface area contributed by atoms with Crippen LogP contribution in [0.1, 0.15) is 30.8 Å². The van der Waals surface area contributed by atoms with E-state index in [9.17, 15) is 14.9 Å². The third-order valence-electron chi connectivity index (χ3n) is 2.35. The summed E-state index contributed by atoms with van der Waals surface area (Å²) in [7, 11) is 0. The number of aliphatic hydroxyl groups excluding tert-OH is 1. The van der Waals surface area contributed by atoms with Gasteiger partial charge in [0, 0.05) is 19.2 Å². The van der Waals surface area contributed by atoms with Crippen molar-refractivity contribution in [3.63, 3.8) is 0 Å². The van der Waals surface area contributed by atoms with E-state index in [-0.39, 0.29) is 17.9 Å². The zero-order chi connectivity index (χ0) is 13.7. The van der Waals surface area contributed by atoms with Crippen molar-refractivity contribution in [1.82, 2.24) is 9.88 Å². The molecule has 0 spiro atoms. The van der Waals surface area contributed by atoms with Crippen LogP contribution in [0.3, 0.4) is 0 Å². The van der Waals surface area contributed by atoms with Gasteiger partial charge in [-0.25, -0.2) is 0 Å². The van der Waals surface area contributed by atoms with Crippen LogP contribution in [0, 0.1) is 10.1 Å². The summed E-state index contributed by atoms with van der Waals surface area (Å²) >= 11 is 0. The van der Waals surface area contributed by atoms with Gasteiger partial charge in [0.1, 0.15) is 5.69 Å². The lowest BCUT2D eigenvalue weighted by molar-refractivity contribution is -0.384. The number of hydrogen-bond acceptors (Lipinski definition) is 4. The van der Waals surface area contributed by atoms with Gasteiger partial charge in [0.15, 0.2) is 0 Å². The van der Waals surface area contributed by atoms with Gasteiger partial charge in [-0.05, 0) is 13.3 Å². The highest BCUT2D eigenvalue weighted by Crippen LogP contribution is 2.16. The quantitative estimate of drug-likeness (QED) is 0.583. The molecule has 1 heterocycles. The van der Waals surface area contributed by atoms with Crippen LogP contribution in [0.25, 0.3) is 0 Å². The minimum atomic E-state index is -0.654. The molecule has 0 radical (unpaired) electrons. The van der Waals surface area contributed by atoms with E-state index >= 15 is 0 Å². The smallest absolute Gasteiger partial charge is 0.287 e. The van der Waals surface area contributed by atoms with Crippen LogP contribution in [-0.2, 0) is 6.54 Å². The minimum Gasteiger partial charge on any atom is -0.392 e. The molecule has 0 aliphatic rings. The first-order valence-corrected chi connectivity index (χ1v) is 5.76. The molecular weight excluding hydrogens is 238 g/mol. The van der Waals surface area contributed by atoms with Gasteiger partial charge in [0.2, 0.25) is 0 Å². The molecule has 0 bridgehead atoms. The predicted molar refractivity (Wildman–Crippen MR) is 65.4 cm³/mol. The lowest BCUT2D eigenvalue weighted by Gasteiger charge is -2.09. The summed E-state index contributed by atoms with van der Waals surface area (Å²) in [6.45, 7) is 4.12. The topological polar surface area (TPSA) is 97.4 Å². The van der Waals surface area contributed by atoms with Gasteiger partial charge < -0.3 is 15.0 Å². The van der Waals surface area contributed by atoms with Crippen LogP contribution in [0.4, 0.5) is 5.69 Å². The maximum atomic E-state index is 11.8. The van der Waals surface area contributed by atoms with Crippen LogP contribution in [0.2, 0.25) is 0 Å². The third kappa shape index (κ3) is 3.56. The molecule has 1 rings (SSSR count). The number of rotatable bonds is 6. The summed E-state index contributed by atoms with van der Waals surface area (Å²) in [5.74, 6) is -0.419. The second kappa shape index (κ2) is 6.15. The summed E-state index contributed by atoms with van der Waals surface area (Å²) in [4.78, 5) is 22.0. The van der Waals surface area contributed by atoms with E-state index in [1.807, 2.05) is 6.92 Å². The zero-order valence-corrected chi connectivity index (χ0v) is 10.4. The molecule has 0 saturated heterocycles. The highest BCUT2D eigenvalue weighted by molar-refractivity contribution is 5.93. The maximum absolute atomic E-state index is 11.8. The summed E-state index contributed by atoms with van der Waals surface area (Å²) in [6, 6.07) is 1.24. The number of aromatic nitrogens is 1. The number of nitrogens with one attached hydrogen (secondary N) is 1. The van der Waals surface area contributed by atoms with Gasteiger partial charge >= 0.3 is 0 Å². The van der Waals surface area contributed by atoms with Gasteiger partial charge in [-0.1, -0.05) is 6.92 Å². The largest absolute Gasteiger partial charge is 0.392 e. The Balaban J connectivity index is 2.90. The standard InChI is InChI=1S/C11H17N3O4/c1-3-4-13-7-9(14(17)18)5-10(13)11(16)12-6-8(2)15/h5,7-8,15H,3-4,6H2,1-2H3,(H,12,16). The minimum absolute atomic E-state index is 0.106. The Bertz CT molecular complexity index is 439. The first kappa shape index (κ1) is 14.2. The Hall–Kier alpha value is -1.89. The van der Waals surface area contributed by atoms with Gasteiger partial charge in [0.05, 0.1) is 17.2 Å². The van der Waals surface area contributed by atoms with Crippen molar-refractivity contribution in [2.24, 2.45) is 0 Å². The van der Waals surface area contributed by atoms with E-state index in [4.69, 9.17) is 5.11 Å². The van der Waals surface area contributed by atoms with E-state index in [2.05, 4.69) is 5.32 Å². The Labute approximate surface area is 105 Å². The summed E-state index contributed by atoms with van der Waals surface area (Å²) in [6.07, 6.45) is 1.46. The van der Waals surface area contributed by atoms with Crippen molar-refractivity contribution in [3.8, 4) is 0 Å². The zero-order valence-electron chi connectivity index (χ0n) is 10.4. The number of carbonyl (C=O) groups is 1. The Morgan fingerprint density at radius 1 is 1.67 bits per heavy atom.